The van der Waals surface area contributed by atoms with Gasteiger partial charge in [-0.15, -0.1) is 13.2 Å². The summed E-state index contributed by atoms with van der Waals surface area (Å²) in [6, 6.07) is 4.87. The van der Waals surface area contributed by atoms with E-state index in [1.807, 2.05) is 6.92 Å². The number of nitrogens with one attached hydrogen (secondary N) is 1. The quantitative estimate of drug-likeness (QED) is 0.596. The summed E-state index contributed by atoms with van der Waals surface area (Å²) in [4.78, 5) is 12.1. The molecule has 0 atom stereocenters. The monoisotopic (exact) mass is 245 g/mol. The molecule has 0 aromatic heterocycles. The fourth-order valence-corrected chi connectivity index (χ4v) is 1.74. The van der Waals surface area contributed by atoms with E-state index in [0.29, 0.717) is 12.8 Å². The van der Waals surface area contributed by atoms with Crippen molar-refractivity contribution in [2.45, 2.75) is 19.8 Å². The number of allylic oxidation sites excluding steroid dienone is 2. The van der Waals surface area contributed by atoms with Crippen LogP contribution >= 0.6 is 0 Å². The van der Waals surface area contributed by atoms with Crippen molar-refractivity contribution in [3.05, 3.63) is 49.1 Å². The van der Waals surface area contributed by atoms with Crippen LogP contribution in [0, 0.1) is 12.8 Å². The van der Waals surface area contributed by atoms with Gasteiger partial charge in [0.25, 0.3) is 0 Å². The maximum atomic E-state index is 12.1. The van der Waals surface area contributed by atoms with Crippen molar-refractivity contribution in [2.24, 2.45) is 5.92 Å². The predicted molar refractivity (Wildman–Crippen MR) is 74.6 cm³/mol. The lowest BCUT2D eigenvalue weighted by Gasteiger charge is -2.14. The van der Waals surface area contributed by atoms with Crippen molar-refractivity contribution in [1.29, 1.82) is 0 Å². The lowest BCUT2D eigenvalue weighted by molar-refractivity contribution is -0.119. The van der Waals surface area contributed by atoms with Crippen LogP contribution in [0.5, 0.6) is 5.75 Å². The third kappa shape index (κ3) is 3.77. The average molecular weight is 245 g/mol. The highest BCUT2D eigenvalue weighted by Gasteiger charge is 2.16. The Balaban J connectivity index is 2.78. The van der Waals surface area contributed by atoms with E-state index in [4.69, 9.17) is 0 Å². The summed E-state index contributed by atoms with van der Waals surface area (Å²) in [5, 5.41) is 12.2. The number of hydrogen-bond acceptors (Lipinski definition) is 2. The van der Waals surface area contributed by atoms with Gasteiger partial charge >= 0.3 is 0 Å². The highest BCUT2D eigenvalue weighted by molar-refractivity contribution is 5.93. The second-order valence-electron chi connectivity index (χ2n) is 4.23. The molecule has 18 heavy (non-hydrogen) atoms. The smallest absolute Gasteiger partial charge is 0.228 e. The average Bonchev–Trinajstić information content (AvgIpc) is 2.32. The molecule has 0 unspecified atom stereocenters. The third-order valence-electron chi connectivity index (χ3n) is 2.74. The van der Waals surface area contributed by atoms with Gasteiger partial charge in [-0.2, -0.15) is 0 Å². The Morgan fingerprint density at radius 2 is 2.00 bits per heavy atom. The summed E-state index contributed by atoms with van der Waals surface area (Å²) in [6.45, 7) is 9.15. The van der Waals surface area contributed by atoms with Crippen LogP contribution in [0.2, 0.25) is 0 Å². The molecule has 0 saturated heterocycles. The summed E-state index contributed by atoms with van der Waals surface area (Å²) < 4.78 is 0. The molecule has 1 rings (SSSR count). The molecular weight excluding hydrogens is 226 g/mol. The van der Waals surface area contributed by atoms with E-state index in [-0.39, 0.29) is 17.6 Å². The number of rotatable bonds is 6. The van der Waals surface area contributed by atoms with Gasteiger partial charge in [-0.05, 0) is 43.5 Å². The molecule has 1 aromatic rings. The number of phenols is 1. The number of aromatic hydroxyl groups is 1. The second kappa shape index (κ2) is 6.64. The van der Waals surface area contributed by atoms with Crippen LogP contribution in [0.4, 0.5) is 5.69 Å². The first-order valence-electron chi connectivity index (χ1n) is 5.90. The molecule has 3 heteroatoms. The lowest BCUT2D eigenvalue weighted by Crippen LogP contribution is -2.22. The van der Waals surface area contributed by atoms with Crippen molar-refractivity contribution in [3.63, 3.8) is 0 Å². The minimum atomic E-state index is -0.145. The fourth-order valence-electron chi connectivity index (χ4n) is 1.74. The van der Waals surface area contributed by atoms with Crippen molar-refractivity contribution in [1.82, 2.24) is 0 Å². The molecule has 2 N–H and O–H groups in total. The summed E-state index contributed by atoms with van der Waals surface area (Å²) in [5.41, 5.74) is 1.55. The Morgan fingerprint density at radius 1 is 1.39 bits per heavy atom. The molecule has 0 heterocycles. The Labute approximate surface area is 108 Å². The van der Waals surface area contributed by atoms with Crippen LogP contribution in [0.1, 0.15) is 18.4 Å². The lowest BCUT2D eigenvalue weighted by atomic mass is 10.00. The van der Waals surface area contributed by atoms with Gasteiger partial charge in [0.05, 0.1) is 0 Å². The van der Waals surface area contributed by atoms with Crippen LogP contribution in [0.25, 0.3) is 0 Å². The molecule has 0 saturated carbocycles. The third-order valence-corrected chi connectivity index (χ3v) is 2.74. The van der Waals surface area contributed by atoms with Gasteiger partial charge in [-0.1, -0.05) is 12.2 Å². The first-order chi connectivity index (χ1) is 8.58. The minimum absolute atomic E-state index is 0.0522. The van der Waals surface area contributed by atoms with Gasteiger partial charge in [0.15, 0.2) is 0 Å². The van der Waals surface area contributed by atoms with Crippen molar-refractivity contribution in [2.75, 3.05) is 5.32 Å². The summed E-state index contributed by atoms with van der Waals surface area (Å²) in [5.74, 6) is -0.00368. The van der Waals surface area contributed by atoms with E-state index in [1.165, 1.54) is 0 Å². The number of phenolic OH excluding ortho intramolecular Hbond substituents is 1. The molecule has 3 nitrogen and oxygen atoms in total. The zero-order valence-corrected chi connectivity index (χ0v) is 10.6. The Kier molecular flexibility index (Phi) is 5.18. The van der Waals surface area contributed by atoms with Crippen LogP contribution in [-0.4, -0.2) is 11.0 Å². The fraction of sp³-hybridized carbons (Fsp3) is 0.267. The number of anilines is 1. The predicted octanol–water partition coefficient (Wildman–Crippen LogP) is 3.41. The number of carbonyl (C=O) groups is 1. The molecule has 0 aliphatic carbocycles. The topological polar surface area (TPSA) is 49.3 Å². The standard InChI is InChI=1S/C15H19NO2/c1-4-6-12(7-5-2)15(18)16-14-9-8-13(17)10-11(14)3/h4-5,8-10,12,17H,1-2,6-7H2,3H3,(H,16,18). The maximum Gasteiger partial charge on any atom is 0.228 e. The van der Waals surface area contributed by atoms with Gasteiger partial charge in [0.1, 0.15) is 5.75 Å². The van der Waals surface area contributed by atoms with Gasteiger partial charge in [0, 0.05) is 11.6 Å². The summed E-state index contributed by atoms with van der Waals surface area (Å²) in [6.07, 6.45) is 4.71. The SMILES string of the molecule is C=CCC(CC=C)C(=O)Nc1ccc(O)cc1C. The number of carbonyl (C=O) groups excluding carboxylic acids is 1. The van der Waals surface area contributed by atoms with Crippen LogP contribution in [-0.2, 0) is 4.79 Å². The van der Waals surface area contributed by atoms with Crippen molar-refractivity contribution < 1.29 is 9.90 Å². The van der Waals surface area contributed by atoms with Crippen LogP contribution in [0.3, 0.4) is 0 Å². The van der Waals surface area contributed by atoms with Gasteiger partial charge in [-0.25, -0.2) is 0 Å². The molecule has 0 aliphatic rings. The molecule has 0 bridgehead atoms. The van der Waals surface area contributed by atoms with Crippen LogP contribution in [0.15, 0.2) is 43.5 Å². The van der Waals surface area contributed by atoms with E-state index in [2.05, 4.69) is 18.5 Å². The Morgan fingerprint density at radius 3 is 2.50 bits per heavy atom. The molecule has 0 spiro atoms. The molecule has 0 radical (unpaired) electrons. The first kappa shape index (κ1) is 14.0. The molecule has 0 fully saturated rings. The zero-order valence-electron chi connectivity index (χ0n) is 10.6. The second-order valence-corrected chi connectivity index (χ2v) is 4.23. The number of hydrogen-bond donors (Lipinski definition) is 2. The molecule has 1 amide bonds. The summed E-state index contributed by atoms with van der Waals surface area (Å²) >= 11 is 0. The van der Waals surface area contributed by atoms with Gasteiger partial charge < -0.3 is 10.4 Å². The maximum absolute atomic E-state index is 12.1. The normalized spacial score (nSPS) is 10.1. The number of aryl methyl sites for hydroxylation is 1. The van der Waals surface area contributed by atoms with E-state index >= 15 is 0 Å². The van der Waals surface area contributed by atoms with Gasteiger partial charge in [0.2, 0.25) is 5.91 Å². The number of benzene rings is 1. The molecular formula is C15H19NO2. The highest BCUT2D eigenvalue weighted by Crippen LogP contribution is 2.21. The molecule has 1 aromatic carbocycles. The van der Waals surface area contributed by atoms with Crippen LogP contribution < -0.4 is 5.32 Å². The minimum Gasteiger partial charge on any atom is -0.508 e. The van der Waals surface area contributed by atoms with Crippen molar-refractivity contribution in [3.8, 4) is 5.75 Å². The van der Waals surface area contributed by atoms with E-state index in [0.717, 1.165) is 11.3 Å². The van der Waals surface area contributed by atoms with Gasteiger partial charge in [-0.3, -0.25) is 4.79 Å². The largest absolute Gasteiger partial charge is 0.508 e. The Bertz CT molecular complexity index is 442. The van der Waals surface area contributed by atoms with Crippen molar-refractivity contribution >= 4 is 11.6 Å². The van der Waals surface area contributed by atoms with E-state index in [9.17, 15) is 9.90 Å². The summed E-state index contributed by atoms with van der Waals surface area (Å²) in [7, 11) is 0. The molecule has 0 aliphatic heterocycles. The first-order valence-corrected chi connectivity index (χ1v) is 5.90. The molecule has 96 valence electrons. The Hall–Kier alpha value is -2.03. The number of amides is 1. The zero-order chi connectivity index (χ0) is 13.5. The van der Waals surface area contributed by atoms with E-state index in [1.54, 1.807) is 30.4 Å². The highest BCUT2D eigenvalue weighted by atomic mass is 16.3. The van der Waals surface area contributed by atoms with E-state index < -0.39 is 0 Å².